The summed E-state index contributed by atoms with van der Waals surface area (Å²) in [7, 11) is 1.60. The number of thiazole rings is 1. The van der Waals surface area contributed by atoms with E-state index >= 15 is 0 Å². The van der Waals surface area contributed by atoms with Crippen molar-refractivity contribution in [2.75, 3.05) is 19.0 Å². The zero-order valence-corrected chi connectivity index (χ0v) is 17.8. The molecule has 0 aliphatic carbocycles. The second kappa shape index (κ2) is 7.89. The highest BCUT2D eigenvalue weighted by molar-refractivity contribution is 7.15. The van der Waals surface area contributed by atoms with E-state index in [9.17, 15) is 14.4 Å². The molecule has 3 amide bonds. The third-order valence-corrected chi connectivity index (χ3v) is 5.96. The van der Waals surface area contributed by atoms with Crippen molar-refractivity contribution in [2.24, 2.45) is 0 Å². The van der Waals surface area contributed by atoms with E-state index < -0.39 is 0 Å². The average molecular weight is 447 g/mol. The molecule has 1 N–H and O–H groups in total. The number of carbonyl (C=O) groups excluding carboxylic acids is 3. The number of benzene rings is 2. The van der Waals surface area contributed by atoms with Gasteiger partial charge < -0.3 is 4.74 Å². The standard InChI is InChI=1S/C22H17N5O4S/c1-31-14-6-4-5-13(11-14)17-12-32-22-24-21(25-27(17)22)23-18(28)9-10-26-19(29)15-7-2-3-8-16(15)20(26)30/h2-8,11-12H,9-10H2,1H3,(H,23,25,28). The zero-order valence-electron chi connectivity index (χ0n) is 16.9. The Morgan fingerprint density at radius 1 is 1.09 bits per heavy atom. The number of nitrogens with zero attached hydrogens (tertiary/aromatic N) is 4. The summed E-state index contributed by atoms with van der Waals surface area (Å²) < 4.78 is 6.93. The quantitative estimate of drug-likeness (QED) is 0.456. The Bertz CT molecular complexity index is 1340. The van der Waals surface area contributed by atoms with Crippen molar-refractivity contribution in [3.8, 4) is 17.0 Å². The van der Waals surface area contributed by atoms with Gasteiger partial charge in [-0.3, -0.25) is 24.6 Å². The van der Waals surface area contributed by atoms with Crippen LogP contribution in [0.2, 0.25) is 0 Å². The first-order valence-electron chi connectivity index (χ1n) is 9.79. The summed E-state index contributed by atoms with van der Waals surface area (Å²) in [5, 5.41) is 8.96. The van der Waals surface area contributed by atoms with Crippen LogP contribution in [0.3, 0.4) is 0 Å². The largest absolute Gasteiger partial charge is 0.497 e. The smallest absolute Gasteiger partial charge is 0.261 e. The highest BCUT2D eigenvalue weighted by Gasteiger charge is 2.35. The van der Waals surface area contributed by atoms with Crippen LogP contribution >= 0.6 is 11.3 Å². The Kier molecular flexibility index (Phi) is 4.91. The van der Waals surface area contributed by atoms with Crippen LogP contribution in [0, 0.1) is 0 Å². The third kappa shape index (κ3) is 3.40. The Morgan fingerprint density at radius 3 is 2.56 bits per heavy atom. The summed E-state index contributed by atoms with van der Waals surface area (Å²) in [6.45, 7) is -0.0184. The van der Waals surface area contributed by atoms with Gasteiger partial charge in [0.15, 0.2) is 0 Å². The number of rotatable bonds is 6. The lowest BCUT2D eigenvalue weighted by molar-refractivity contribution is -0.116. The van der Waals surface area contributed by atoms with Crippen molar-refractivity contribution >= 4 is 40.0 Å². The van der Waals surface area contributed by atoms with E-state index in [1.54, 1.807) is 35.9 Å². The molecule has 0 radical (unpaired) electrons. The van der Waals surface area contributed by atoms with Crippen molar-refractivity contribution in [2.45, 2.75) is 6.42 Å². The Balaban J connectivity index is 1.27. The molecule has 1 aliphatic heterocycles. The lowest BCUT2D eigenvalue weighted by Crippen LogP contribution is -2.33. The number of imide groups is 1. The van der Waals surface area contributed by atoms with Crippen LogP contribution in [0.5, 0.6) is 5.75 Å². The van der Waals surface area contributed by atoms with Gasteiger partial charge in [-0.2, -0.15) is 4.98 Å². The van der Waals surface area contributed by atoms with E-state index in [1.807, 2.05) is 29.6 Å². The maximum absolute atomic E-state index is 12.4. The minimum Gasteiger partial charge on any atom is -0.497 e. The molecule has 0 saturated heterocycles. The average Bonchev–Trinajstić information content (AvgIpc) is 3.45. The molecule has 0 fully saturated rings. The van der Waals surface area contributed by atoms with Crippen molar-refractivity contribution in [1.82, 2.24) is 19.5 Å². The van der Waals surface area contributed by atoms with E-state index in [2.05, 4.69) is 15.4 Å². The predicted molar refractivity (Wildman–Crippen MR) is 118 cm³/mol. The number of amides is 3. The first-order chi connectivity index (χ1) is 15.5. The van der Waals surface area contributed by atoms with Crippen molar-refractivity contribution < 1.29 is 19.1 Å². The lowest BCUT2D eigenvalue weighted by Gasteiger charge is -2.12. The van der Waals surface area contributed by atoms with E-state index in [4.69, 9.17) is 4.74 Å². The fourth-order valence-corrected chi connectivity index (χ4v) is 4.39. The van der Waals surface area contributed by atoms with Crippen LogP contribution in [0.25, 0.3) is 16.2 Å². The molecule has 0 bridgehead atoms. The second-order valence-corrected chi connectivity index (χ2v) is 7.92. The highest BCUT2D eigenvalue weighted by Crippen LogP contribution is 2.28. The van der Waals surface area contributed by atoms with Gasteiger partial charge >= 0.3 is 0 Å². The number of hydrogen-bond donors (Lipinski definition) is 1. The van der Waals surface area contributed by atoms with Crippen molar-refractivity contribution in [3.05, 3.63) is 65.0 Å². The van der Waals surface area contributed by atoms with Crippen molar-refractivity contribution in [3.63, 3.8) is 0 Å². The van der Waals surface area contributed by atoms with Gasteiger partial charge in [-0.15, -0.1) is 16.4 Å². The molecule has 4 aromatic rings. The van der Waals surface area contributed by atoms with E-state index in [1.165, 1.54) is 11.3 Å². The Labute approximate surface area is 186 Å². The summed E-state index contributed by atoms with van der Waals surface area (Å²) in [5.41, 5.74) is 2.45. The molecule has 2 aromatic heterocycles. The highest BCUT2D eigenvalue weighted by atomic mass is 32.1. The van der Waals surface area contributed by atoms with Gasteiger partial charge in [-0.1, -0.05) is 24.3 Å². The topological polar surface area (TPSA) is 106 Å². The summed E-state index contributed by atoms with van der Waals surface area (Å²) in [4.78, 5) is 43.3. The molecular formula is C22H17N5O4S. The first kappa shape index (κ1) is 19.9. The number of aromatic nitrogens is 3. The summed E-state index contributed by atoms with van der Waals surface area (Å²) >= 11 is 1.40. The van der Waals surface area contributed by atoms with Crippen LogP contribution < -0.4 is 10.1 Å². The van der Waals surface area contributed by atoms with Gasteiger partial charge in [0.1, 0.15) is 5.75 Å². The van der Waals surface area contributed by atoms with Gasteiger partial charge in [0.2, 0.25) is 16.8 Å². The van der Waals surface area contributed by atoms with E-state index in [0.717, 1.165) is 21.9 Å². The molecule has 0 spiro atoms. The van der Waals surface area contributed by atoms with Gasteiger partial charge in [0.25, 0.3) is 11.8 Å². The molecule has 0 atom stereocenters. The van der Waals surface area contributed by atoms with Gasteiger partial charge in [-0.05, 0) is 24.3 Å². The molecular weight excluding hydrogens is 430 g/mol. The van der Waals surface area contributed by atoms with Crippen LogP contribution in [-0.2, 0) is 4.79 Å². The maximum Gasteiger partial charge on any atom is 0.261 e. The Hall–Kier alpha value is -4.05. The SMILES string of the molecule is COc1cccc(-c2csc3nc(NC(=O)CCN4C(=O)c5ccccc5C4=O)nn23)c1. The Morgan fingerprint density at radius 2 is 1.84 bits per heavy atom. The normalized spacial score (nSPS) is 13.0. The first-order valence-corrected chi connectivity index (χ1v) is 10.7. The van der Waals surface area contributed by atoms with Crippen LogP contribution in [0.1, 0.15) is 27.1 Å². The minimum absolute atomic E-state index is 0.0184. The van der Waals surface area contributed by atoms with E-state index in [0.29, 0.717) is 16.1 Å². The molecule has 2 aromatic carbocycles. The molecule has 0 unspecified atom stereocenters. The monoisotopic (exact) mass is 447 g/mol. The molecule has 10 heteroatoms. The van der Waals surface area contributed by atoms with E-state index in [-0.39, 0.29) is 36.6 Å². The summed E-state index contributed by atoms with van der Waals surface area (Å²) in [5.74, 6) is -0.274. The second-order valence-electron chi connectivity index (χ2n) is 7.09. The van der Waals surface area contributed by atoms with Crippen molar-refractivity contribution in [1.29, 1.82) is 0 Å². The number of methoxy groups -OCH3 is 1. The number of ether oxygens (including phenoxy) is 1. The molecule has 5 rings (SSSR count). The number of nitrogens with one attached hydrogen (secondary N) is 1. The molecule has 3 heterocycles. The maximum atomic E-state index is 12.4. The lowest BCUT2D eigenvalue weighted by atomic mass is 10.1. The number of fused-ring (bicyclic) bond motifs is 2. The van der Waals surface area contributed by atoms with Crippen LogP contribution in [0.4, 0.5) is 5.95 Å². The molecule has 1 aliphatic rings. The minimum atomic E-state index is -0.387. The number of carbonyl (C=O) groups is 3. The molecule has 9 nitrogen and oxygen atoms in total. The summed E-state index contributed by atoms with van der Waals surface area (Å²) in [6, 6.07) is 14.2. The fourth-order valence-electron chi connectivity index (χ4n) is 3.56. The van der Waals surface area contributed by atoms with Gasteiger partial charge in [0.05, 0.1) is 23.9 Å². The fraction of sp³-hybridized carbons (Fsp3) is 0.136. The molecule has 160 valence electrons. The van der Waals surface area contributed by atoms with Crippen LogP contribution in [-0.4, -0.2) is 50.9 Å². The van der Waals surface area contributed by atoms with Crippen LogP contribution in [0.15, 0.2) is 53.9 Å². The van der Waals surface area contributed by atoms with Gasteiger partial charge in [0, 0.05) is 23.9 Å². The third-order valence-electron chi connectivity index (χ3n) is 5.14. The predicted octanol–water partition coefficient (Wildman–Crippen LogP) is 3.09. The molecule has 0 saturated carbocycles. The number of hydrogen-bond acceptors (Lipinski definition) is 7. The zero-order chi connectivity index (χ0) is 22.2. The summed E-state index contributed by atoms with van der Waals surface area (Å²) in [6.07, 6.45) is -0.0545. The number of anilines is 1. The van der Waals surface area contributed by atoms with Gasteiger partial charge in [-0.25, -0.2) is 4.52 Å². The molecule has 32 heavy (non-hydrogen) atoms.